The Kier molecular flexibility index (Phi) is 3.43. The van der Waals surface area contributed by atoms with E-state index in [4.69, 9.17) is 9.84 Å². The zero-order valence-electron chi connectivity index (χ0n) is 9.75. The number of methoxy groups -OCH3 is 1. The lowest BCUT2D eigenvalue weighted by atomic mass is 10.2. The maximum Gasteiger partial charge on any atom is 0.335 e. The van der Waals surface area contributed by atoms with Crippen molar-refractivity contribution in [3.05, 3.63) is 48.2 Å². The molecule has 0 saturated heterocycles. The molecule has 1 aromatic heterocycles. The number of nitrogens with one attached hydrogen (secondary N) is 1. The second kappa shape index (κ2) is 5.18. The fourth-order valence-electron chi connectivity index (χ4n) is 1.51. The summed E-state index contributed by atoms with van der Waals surface area (Å²) in [6.07, 6.45) is 1.65. The molecule has 18 heavy (non-hydrogen) atoms. The predicted octanol–water partition coefficient (Wildman–Crippen LogP) is 2.53. The molecule has 0 fully saturated rings. The van der Waals surface area contributed by atoms with Gasteiger partial charge in [-0.25, -0.2) is 9.78 Å². The van der Waals surface area contributed by atoms with Crippen LogP contribution in [0.3, 0.4) is 0 Å². The van der Waals surface area contributed by atoms with Crippen molar-refractivity contribution in [2.45, 2.75) is 0 Å². The lowest BCUT2D eigenvalue weighted by molar-refractivity contribution is 0.0697. The van der Waals surface area contributed by atoms with Gasteiger partial charge in [0.2, 0.25) is 0 Å². The molecule has 0 saturated carbocycles. The summed E-state index contributed by atoms with van der Waals surface area (Å²) in [7, 11) is 1.53. The van der Waals surface area contributed by atoms with Crippen LogP contribution in [0, 0.1) is 0 Å². The lowest BCUT2D eigenvalue weighted by Gasteiger charge is -2.11. The third kappa shape index (κ3) is 2.57. The monoisotopic (exact) mass is 244 g/mol. The Bertz CT molecular complexity index is 555. The van der Waals surface area contributed by atoms with Crippen LogP contribution in [0.2, 0.25) is 0 Å². The smallest absolute Gasteiger partial charge is 0.335 e. The maximum atomic E-state index is 10.9. The first-order valence-electron chi connectivity index (χ1n) is 5.30. The van der Waals surface area contributed by atoms with Crippen molar-refractivity contribution >= 4 is 17.5 Å². The van der Waals surface area contributed by atoms with E-state index in [0.29, 0.717) is 17.3 Å². The first-order chi connectivity index (χ1) is 8.70. The number of aromatic carboxylic acids is 1. The Balaban J connectivity index is 2.35. The number of carboxylic acids is 1. The predicted molar refractivity (Wildman–Crippen MR) is 67.5 cm³/mol. The van der Waals surface area contributed by atoms with Crippen molar-refractivity contribution in [2.75, 3.05) is 12.4 Å². The van der Waals surface area contributed by atoms with E-state index < -0.39 is 5.97 Å². The first kappa shape index (κ1) is 11.9. The number of carboxylic acid groups (broad SMARTS) is 1. The second-order valence-electron chi connectivity index (χ2n) is 3.56. The van der Waals surface area contributed by atoms with Gasteiger partial charge in [-0.3, -0.25) is 0 Å². The molecule has 0 amide bonds. The minimum Gasteiger partial charge on any atom is -0.495 e. The van der Waals surface area contributed by atoms with E-state index in [1.54, 1.807) is 24.4 Å². The summed E-state index contributed by atoms with van der Waals surface area (Å²) in [6, 6.07) is 10.0. The average Bonchev–Trinajstić information content (AvgIpc) is 2.39. The van der Waals surface area contributed by atoms with Crippen molar-refractivity contribution in [3.8, 4) is 5.75 Å². The number of carbonyl (C=O) groups is 1. The van der Waals surface area contributed by atoms with Gasteiger partial charge in [-0.2, -0.15) is 0 Å². The summed E-state index contributed by atoms with van der Waals surface area (Å²) in [6.45, 7) is 0. The third-order valence-electron chi connectivity index (χ3n) is 2.37. The van der Waals surface area contributed by atoms with Gasteiger partial charge < -0.3 is 15.2 Å². The van der Waals surface area contributed by atoms with Gasteiger partial charge in [0.1, 0.15) is 11.6 Å². The highest BCUT2D eigenvalue weighted by atomic mass is 16.5. The molecule has 5 nitrogen and oxygen atoms in total. The Morgan fingerprint density at radius 3 is 2.78 bits per heavy atom. The molecule has 0 atom stereocenters. The average molecular weight is 244 g/mol. The molecule has 1 aromatic carbocycles. The zero-order chi connectivity index (χ0) is 13.0. The molecule has 0 unspecified atom stereocenters. The molecular formula is C13H12N2O3. The van der Waals surface area contributed by atoms with Gasteiger partial charge in [0, 0.05) is 6.20 Å². The number of aromatic nitrogens is 1. The second-order valence-corrected chi connectivity index (χ2v) is 3.56. The first-order valence-corrected chi connectivity index (χ1v) is 5.30. The number of ether oxygens (including phenoxy) is 1. The molecular weight excluding hydrogens is 232 g/mol. The van der Waals surface area contributed by atoms with E-state index in [2.05, 4.69) is 10.3 Å². The molecule has 1 heterocycles. The van der Waals surface area contributed by atoms with E-state index in [1.165, 1.54) is 19.2 Å². The normalized spacial score (nSPS) is 9.83. The van der Waals surface area contributed by atoms with E-state index in [1.807, 2.05) is 6.07 Å². The summed E-state index contributed by atoms with van der Waals surface area (Å²) in [5.41, 5.74) is 0.755. The fourth-order valence-corrected chi connectivity index (χ4v) is 1.51. The number of rotatable bonds is 4. The molecule has 5 heteroatoms. The topological polar surface area (TPSA) is 71.5 Å². The Hall–Kier alpha value is -2.56. The molecule has 0 aliphatic carbocycles. The van der Waals surface area contributed by atoms with Crippen molar-refractivity contribution in [1.82, 2.24) is 4.98 Å². The van der Waals surface area contributed by atoms with Crippen LogP contribution >= 0.6 is 0 Å². The Morgan fingerprint density at radius 1 is 1.33 bits per heavy atom. The highest BCUT2D eigenvalue weighted by molar-refractivity contribution is 5.90. The summed E-state index contributed by atoms with van der Waals surface area (Å²) in [5, 5.41) is 12.0. The number of hydrogen-bond acceptors (Lipinski definition) is 4. The summed E-state index contributed by atoms with van der Waals surface area (Å²) in [5.74, 6) is 0.200. The number of hydrogen-bond donors (Lipinski definition) is 2. The molecule has 0 aliphatic rings. The molecule has 0 radical (unpaired) electrons. The van der Waals surface area contributed by atoms with E-state index in [9.17, 15) is 4.79 Å². The van der Waals surface area contributed by atoms with Crippen LogP contribution in [0.25, 0.3) is 0 Å². The van der Waals surface area contributed by atoms with Gasteiger partial charge in [-0.05, 0) is 30.3 Å². The van der Waals surface area contributed by atoms with Crippen molar-refractivity contribution in [1.29, 1.82) is 0 Å². The van der Waals surface area contributed by atoms with Crippen molar-refractivity contribution in [2.24, 2.45) is 0 Å². The quantitative estimate of drug-likeness (QED) is 0.864. The minimum atomic E-state index is -0.985. The van der Waals surface area contributed by atoms with Crippen LogP contribution < -0.4 is 10.1 Å². The molecule has 2 aromatic rings. The van der Waals surface area contributed by atoms with Crippen LogP contribution in [0.4, 0.5) is 11.5 Å². The largest absolute Gasteiger partial charge is 0.495 e. The maximum absolute atomic E-state index is 10.9. The van der Waals surface area contributed by atoms with E-state index in [0.717, 1.165) is 0 Å². The third-order valence-corrected chi connectivity index (χ3v) is 2.37. The Labute approximate surface area is 104 Å². The van der Waals surface area contributed by atoms with Gasteiger partial charge in [0.15, 0.2) is 0 Å². The molecule has 0 bridgehead atoms. The zero-order valence-corrected chi connectivity index (χ0v) is 9.75. The number of anilines is 2. The summed E-state index contributed by atoms with van der Waals surface area (Å²) in [4.78, 5) is 15.0. The standard InChI is InChI=1S/C13H12N2O3/c1-18-11-6-5-9(13(16)17)8-10(11)15-12-4-2-3-7-14-12/h2-8H,1H3,(H,14,15)(H,16,17). The molecule has 2 rings (SSSR count). The lowest BCUT2D eigenvalue weighted by Crippen LogP contribution is -2.01. The van der Waals surface area contributed by atoms with Crippen LogP contribution in [-0.4, -0.2) is 23.2 Å². The van der Waals surface area contributed by atoms with E-state index >= 15 is 0 Å². The van der Waals surface area contributed by atoms with Gasteiger partial charge in [-0.15, -0.1) is 0 Å². The minimum absolute atomic E-state index is 0.189. The molecule has 92 valence electrons. The molecule has 0 spiro atoms. The van der Waals surface area contributed by atoms with E-state index in [-0.39, 0.29) is 5.56 Å². The number of nitrogens with zero attached hydrogens (tertiary/aromatic N) is 1. The van der Waals surface area contributed by atoms with Gasteiger partial charge in [-0.1, -0.05) is 6.07 Å². The van der Waals surface area contributed by atoms with Gasteiger partial charge in [0.05, 0.1) is 18.4 Å². The van der Waals surface area contributed by atoms with Gasteiger partial charge in [0.25, 0.3) is 0 Å². The molecule has 2 N–H and O–H groups in total. The van der Waals surface area contributed by atoms with Crippen LogP contribution in [0.1, 0.15) is 10.4 Å². The molecule has 0 aliphatic heterocycles. The van der Waals surface area contributed by atoms with Crippen LogP contribution in [-0.2, 0) is 0 Å². The SMILES string of the molecule is COc1ccc(C(=O)O)cc1Nc1ccccn1. The van der Waals surface area contributed by atoms with Crippen molar-refractivity contribution in [3.63, 3.8) is 0 Å². The highest BCUT2D eigenvalue weighted by Gasteiger charge is 2.09. The summed E-state index contributed by atoms with van der Waals surface area (Å²) >= 11 is 0. The number of benzene rings is 1. The van der Waals surface area contributed by atoms with Crippen LogP contribution in [0.15, 0.2) is 42.6 Å². The number of pyridine rings is 1. The van der Waals surface area contributed by atoms with Crippen molar-refractivity contribution < 1.29 is 14.6 Å². The van der Waals surface area contributed by atoms with Gasteiger partial charge >= 0.3 is 5.97 Å². The fraction of sp³-hybridized carbons (Fsp3) is 0.0769. The Morgan fingerprint density at radius 2 is 2.17 bits per heavy atom. The van der Waals surface area contributed by atoms with Crippen LogP contribution in [0.5, 0.6) is 5.75 Å². The summed E-state index contributed by atoms with van der Waals surface area (Å²) < 4.78 is 5.17. The highest BCUT2D eigenvalue weighted by Crippen LogP contribution is 2.27.